The number of aryl methyl sites for hydroxylation is 1. The molecular weight excluding hydrogens is 192 g/mol. The largest absolute Gasteiger partial charge is 0.0871 e. The fraction of sp³-hybridized carbons (Fsp3) is 0.500. The summed E-state index contributed by atoms with van der Waals surface area (Å²) >= 11 is 0. The van der Waals surface area contributed by atoms with Crippen molar-refractivity contribution >= 4 is 6.08 Å². The number of hydrogen-bond acceptors (Lipinski definition) is 0. The van der Waals surface area contributed by atoms with Crippen molar-refractivity contribution in [1.82, 2.24) is 0 Å². The van der Waals surface area contributed by atoms with Gasteiger partial charge in [0.1, 0.15) is 0 Å². The van der Waals surface area contributed by atoms with E-state index < -0.39 is 0 Å². The molecule has 92 valence electrons. The van der Waals surface area contributed by atoms with E-state index >= 15 is 0 Å². The highest BCUT2D eigenvalue weighted by molar-refractivity contribution is 5.49. The normalized spacial score (nSPS) is 8.88. The van der Waals surface area contributed by atoms with Crippen molar-refractivity contribution in [3.63, 3.8) is 0 Å². The first-order chi connectivity index (χ1) is 7.74. The molecule has 1 rings (SSSR count). The standard InChI is InChI=1S/C10H12.C4H10.C2H6/c1-3-5-10-7-4-6-9(2)8-10;1-3-4-2;1-2/h3-8H,1-2H3;3-4H2,1-2H3;1-2H3/b5-3+;;. The van der Waals surface area contributed by atoms with Crippen molar-refractivity contribution in [3.05, 3.63) is 41.5 Å². The highest BCUT2D eigenvalue weighted by atomic mass is 13.9. The number of hydrogen-bond donors (Lipinski definition) is 0. The molecule has 0 N–H and O–H groups in total. The zero-order chi connectivity index (χ0) is 12.8. The van der Waals surface area contributed by atoms with Crippen LogP contribution in [0.4, 0.5) is 0 Å². The van der Waals surface area contributed by atoms with E-state index in [4.69, 9.17) is 0 Å². The monoisotopic (exact) mass is 220 g/mol. The Bertz CT molecular complexity index is 256. The van der Waals surface area contributed by atoms with E-state index in [-0.39, 0.29) is 0 Å². The van der Waals surface area contributed by atoms with Crippen LogP contribution in [0, 0.1) is 6.92 Å². The Kier molecular flexibility index (Phi) is 15.1. The van der Waals surface area contributed by atoms with Gasteiger partial charge in [-0.05, 0) is 19.4 Å². The molecule has 0 radical (unpaired) electrons. The Morgan fingerprint density at radius 2 is 1.62 bits per heavy atom. The second kappa shape index (κ2) is 14.0. The molecule has 0 saturated carbocycles. The zero-order valence-corrected chi connectivity index (χ0v) is 11.9. The number of unbranched alkanes of at least 4 members (excludes halogenated alkanes) is 1. The van der Waals surface area contributed by atoms with Crippen molar-refractivity contribution in [2.45, 2.75) is 54.4 Å². The first-order valence-corrected chi connectivity index (χ1v) is 6.43. The molecular formula is C16H28. The number of allylic oxidation sites excluding steroid dienone is 1. The van der Waals surface area contributed by atoms with Crippen LogP contribution in [0.25, 0.3) is 6.08 Å². The third-order valence-corrected chi connectivity index (χ3v) is 1.90. The van der Waals surface area contributed by atoms with Gasteiger partial charge in [0, 0.05) is 0 Å². The molecule has 0 aromatic heterocycles. The van der Waals surface area contributed by atoms with E-state index in [1.807, 2.05) is 20.8 Å². The van der Waals surface area contributed by atoms with Crippen LogP contribution in [0.15, 0.2) is 30.3 Å². The van der Waals surface area contributed by atoms with Crippen LogP contribution in [0.3, 0.4) is 0 Å². The minimum absolute atomic E-state index is 1.28. The maximum atomic E-state index is 2.18. The third-order valence-electron chi connectivity index (χ3n) is 1.90. The molecule has 0 fully saturated rings. The summed E-state index contributed by atoms with van der Waals surface area (Å²) in [5.74, 6) is 0. The van der Waals surface area contributed by atoms with Gasteiger partial charge < -0.3 is 0 Å². The number of rotatable bonds is 2. The molecule has 0 bridgehead atoms. The highest BCUT2D eigenvalue weighted by Gasteiger charge is 1.84. The van der Waals surface area contributed by atoms with Crippen molar-refractivity contribution in [2.24, 2.45) is 0 Å². The van der Waals surface area contributed by atoms with Gasteiger partial charge in [-0.3, -0.25) is 0 Å². The van der Waals surface area contributed by atoms with Crippen LogP contribution < -0.4 is 0 Å². The highest BCUT2D eigenvalue weighted by Crippen LogP contribution is 2.04. The Balaban J connectivity index is 0. The van der Waals surface area contributed by atoms with Gasteiger partial charge in [0.2, 0.25) is 0 Å². The molecule has 0 amide bonds. The predicted molar refractivity (Wildman–Crippen MR) is 77.8 cm³/mol. The predicted octanol–water partition coefficient (Wildman–Crippen LogP) is 5.86. The first-order valence-electron chi connectivity index (χ1n) is 6.43. The summed E-state index contributed by atoms with van der Waals surface area (Å²) in [6, 6.07) is 8.45. The van der Waals surface area contributed by atoms with Crippen molar-refractivity contribution in [1.29, 1.82) is 0 Å². The SMILES string of the molecule is C/C=C/c1cccc(C)c1.CC.CCCC. The molecule has 0 aliphatic rings. The van der Waals surface area contributed by atoms with Gasteiger partial charge in [0.15, 0.2) is 0 Å². The average molecular weight is 220 g/mol. The van der Waals surface area contributed by atoms with E-state index in [1.54, 1.807) is 0 Å². The van der Waals surface area contributed by atoms with Crippen LogP contribution in [0.1, 0.15) is 58.6 Å². The maximum absolute atomic E-state index is 2.18. The van der Waals surface area contributed by atoms with Gasteiger partial charge in [0.05, 0.1) is 0 Å². The lowest BCUT2D eigenvalue weighted by molar-refractivity contribution is 0.886. The van der Waals surface area contributed by atoms with E-state index in [1.165, 1.54) is 24.0 Å². The lowest BCUT2D eigenvalue weighted by Gasteiger charge is -1.93. The van der Waals surface area contributed by atoms with Crippen LogP contribution in [-0.2, 0) is 0 Å². The summed E-state index contributed by atoms with van der Waals surface area (Å²) in [5, 5.41) is 0. The summed E-state index contributed by atoms with van der Waals surface area (Å²) in [7, 11) is 0. The molecule has 0 atom stereocenters. The van der Waals surface area contributed by atoms with Crippen molar-refractivity contribution < 1.29 is 0 Å². The molecule has 0 nitrogen and oxygen atoms in total. The van der Waals surface area contributed by atoms with Gasteiger partial charge >= 0.3 is 0 Å². The molecule has 1 aromatic carbocycles. The third kappa shape index (κ3) is 11.0. The summed E-state index contributed by atoms with van der Waals surface area (Å²) in [4.78, 5) is 0. The van der Waals surface area contributed by atoms with Gasteiger partial charge in [-0.2, -0.15) is 0 Å². The summed E-state index contributed by atoms with van der Waals surface area (Å²) in [6.45, 7) is 12.5. The minimum Gasteiger partial charge on any atom is -0.0871 e. The van der Waals surface area contributed by atoms with Gasteiger partial charge in [-0.1, -0.05) is 82.5 Å². The van der Waals surface area contributed by atoms with E-state index in [0.29, 0.717) is 0 Å². The van der Waals surface area contributed by atoms with Gasteiger partial charge in [0.25, 0.3) is 0 Å². The molecule has 0 spiro atoms. The quantitative estimate of drug-likeness (QED) is 0.585. The Morgan fingerprint density at radius 1 is 1.06 bits per heavy atom. The van der Waals surface area contributed by atoms with Crippen molar-refractivity contribution in [2.75, 3.05) is 0 Å². The molecule has 0 heteroatoms. The van der Waals surface area contributed by atoms with Gasteiger partial charge in [-0.25, -0.2) is 0 Å². The second-order valence-corrected chi connectivity index (χ2v) is 3.41. The topological polar surface area (TPSA) is 0 Å². The van der Waals surface area contributed by atoms with Crippen LogP contribution in [0.2, 0.25) is 0 Å². The lowest BCUT2D eigenvalue weighted by Crippen LogP contribution is -1.72. The van der Waals surface area contributed by atoms with Gasteiger partial charge in [-0.15, -0.1) is 0 Å². The Hall–Kier alpha value is -1.04. The molecule has 0 unspecified atom stereocenters. The van der Waals surface area contributed by atoms with Crippen LogP contribution in [0.5, 0.6) is 0 Å². The summed E-state index contributed by atoms with van der Waals surface area (Å²) in [5.41, 5.74) is 2.60. The van der Waals surface area contributed by atoms with Crippen LogP contribution in [-0.4, -0.2) is 0 Å². The Labute approximate surface area is 102 Å². The molecule has 1 aromatic rings. The van der Waals surface area contributed by atoms with E-state index in [2.05, 4.69) is 57.2 Å². The average Bonchev–Trinajstić information content (AvgIpc) is 2.33. The molecule has 16 heavy (non-hydrogen) atoms. The van der Waals surface area contributed by atoms with Crippen LogP contribution >= 0.6 is 0 Å². The Morgan fingerprint density at radius 3 is 2.00 bits per heavy atom. The molecule has 0 aliphatic heterocycles. The molecule has 0 saturated heterocycles. The van der Waals surface area contributed by atoms with Crippen molar-refractivity contribution in [3.8, 4) is 0 Å². The maximum Gasteiger partial charge on any atom is -0.0257 e. The van der Waals surface area contributed by atoms with E-state index in [0.717, 1.165) is 0 Å². The molecule has 0 heterocycles. The fourth-order valence-electron chi connectivity index (χ4n) is 0.966. The first kappa shape index (κ1) is 17.4. The lowest BCUT2D eigenvalue weighted by atomic mass is 10.1. The second-order valence-electron chi connectivity index (χ2n) is 3.41. The zero-order valence-electron chi connectivity index (χ0n) is 11.9. The number of benzene rings is 1. The smallest absolute Gasteiger partial charge is 0.0257 e. The summed E-state index contributed by atoms with van der Waals surface area (Å²) < 4.78 is 0. The molecule has 0 aliphatic carbocycles. The van der Waals surface area contributed by atoms with E-state index in [9.17, 15) is 0 Å². The fourth-order valence-corrected chi connectivity index (χ4v) is 0.966. The minimum atomic E-state index is 1.28. The summed E-state index contributed by atoms with van der Waals surface area (Å²) in [6.07, 6.45) is 6.79.